The fourth-order valence-corrected chi connectivity index (χ4v) is 0.795. The van der Waals surface area contributed by atoms with E-state index in [1.807, 2.05) is 0 Å². The van der Waals surface area contributed by atoms with E-state index in [-0.39, 0.29) is 16.9 Å². The third-order valence-electron chi connectivity index (χ3n) is 0.921. The Morgan fingerprint density at radius 2 is 1.67 bits per heavy atom. The van der Waals surface area contributed by atoms with Gasteiger partial charge in [0.2, 0.25) is 5.76 Å². The van der Waals surface area contributed by atoms with Crippen molar-refractivity contribution in [1.29, 1.82) is 0 Å². The summed E-state index contributed by atoms with van der Waals surface area (Å²) in [4.78, 5) is 11.0. The zero-order valence-electron chi connectivity index (χ0n) is 6.89. The average molecular weight is 213 g/mol. The van der Waals surface area contributed by atoms with Gasteiger partial charge in [-0.2, -0.15) is 0 Å². The molecule has 0 bridgehead atoms. The van der Waals surface area contributed by atoms with E-state index in [4.69, 9.17) is 27.9 Å². The molecular weight excluding hydrogens is 203 g/mol. The fraction of sp³-hybridized carbons (Fsp3) is 0.571. The molecule has 0 fully saturated rings. The number of ether oxygens (including phenoxy) is 2. The van der Waals surface area contributed by atoms with Crippen LogP contribution in [0.25, 0.3) is 0 Å². The van der Waals surface area contributed by atoms with Crippen LogP contribution in [0.3, 0.4) is 0 Å². The normalized spacial score (nSPS) is 9.00. The van der Waals surface area contributed by atoms with E-state index in [2.05, 4.69) is 4.74 Å². The molecule has 0 aromatic heterocycles. The fourth-order valence-electron chi connectivity index (χ4n) is 0.532. The topological polar surface area (TPSA) is 35.5 Å². The third-order valence-corrected chi connectivity index (χ3v) is 1.26. The lowest BCUT2D eigenvalue weighted by molar-refractivity contribution is -0.142. The van der Waals surface area contributed by atoms with Crippen LogP contribution in [-0.2, 0) is 14.3 Å². The molecule has 0 heterocycles. The Hall–Kier alpha value is -0.410. The maximum absolute atomic E-state index is 11.0. The Balaban J connectivity index is 4.32. The van der Waals surface area contributed by atoms with E-state index in [0.29, 0.717) is 6.61 Å². The molecule has 12 heavy (non-hydrogen) atoms. The van der Waals surface area contributed by atoms with Gasteiger partial charge in [0.1, 0.15) is 0 Å². The molecule has 5 heteroatoms. The number of rotatable bonds is 4. The van der Waals surface area contributed by atoms with Gasteiger partial charge in [-0.15, -0.1) is 0 Å². The van der Waals surface area contributed by atoms with Crippen molar-refractivity contribution in [2.75, 3.05) is 13.2 Å². The molecule has 0 aromatic carbocycles. The molecule has 0 atom stereocenters. The Bertz CT molecular complexity index is 185. The lowest BCUT2D eigenvalue weighted by atomic mass is 10.5. The largest absolute Gasteiger partial charge is 0.485 e. The molecule has 70 valence electrons. The van der Waals surface area contributed by atoms with E-state index in [9.17, 15) is 4.79 Å². The minimum atomic E-state index is -0.639. The van der Waals surface area contributed by atoms with Gasteiger partial charge in [-0.25, -0.2) is 4.79 Å². The Morgan fingerprint density at radius 3 is 2.00 bits per heavy atom. The molecule has 0 unspecified atom stereocenters. The summed E-state index contributed by atoms with van der Waals surface area (Å²) >= 11 is 10.7. The highest BCUT2D eigenvalue weighted by atomic mass is 35.5. The van der Waals surface area contributed by atoms with Gasteiger partial charge >= 0.3 is 5.97 Å². The van der Waals surface area contributed by atoms with Gasteiger partial charge in [-0.05, 0) is 13.8 Å². The molecule has 0 saturated heterocycles. The minimum Gasteiger partial charge on any atom is -0.485 e. The lowest BCUT2D eigenvalue weighted by Gasteiger charge is -2.06. The molecule has 0 saturated carbocycles. The van der Waals surface area contributed by atoms with Gasteiger partial charge in [-0.1, -0.05) is 23.2 Å². The highest BCUT2D eigenvalue weighted by molar-refractivity contribution is 6.57. The van der Waals surface area contributed by atoms with Crippen LogP contribution in [0.5, 0.6) is 0 Å². The second kappa shape index (κ2) is 6.14. The van der Waals surface area contributed by atoms with Crippen LogP contribution in [0.4, 0.5) is 0 Å². The molecule has 0 aliphatic heterocycles. The van der Waals surface area contributed by atoms with Gasteiger partial charge in [0, 0.05) is 0 Å². The van der Waals surface area contributed by atoms with Crippen LogP contribution < -0.4 is 0 Å². The first kappa shape index (κ1) is 11.6. The van der Waals surface area contributed by atoms with Crippen molar-refractivity contribution in [2.24, 2.45) is 0 Å². The van der Waals surface area contributed by atoms with Crippen molar-refractivity contribution in [3.63, 3.8) is 0 Å². The van der Waals surface area contributed by atoms with Gasteiger partial charge in [-0.3, -0.25) is 0 Å². The van der Waals surface area contributed by atoms with Crippen molar-refractivity contribution in [3.8, 4) is 0 Å². The van der Waals surface area contributed by atoms with Crippen LogP contribution >= 0.6 is 23.2 Å². The first-order valence-electron chi connectivity index (χ1n) is 3.48. The van der Waals surface area contributed by atoms with E-state index < -0.39 is 5.97 Å². The molecule has 0 amide bonds. The van der Waals surface area contributed by atoms with Crippen molar-refractivity contribution >= 4 is 29.2 Å². The van der Waals surface area contributed by atoms with Gasteiger partial charge in [0.25, 0.3) is 0 Å². The maximum Gasteiger partial charge on any atom is 0.376 e. The number of halogens is 2. The Labute approximate surface area is 81.2 Å². The van der Waals surface area contributed by atoms with E-state index in [1.165, 1.54) is 0 Å². The maximum atomic E-state index is 11.0. The number of hydrogen-bond donors (Lipinski definition) is 0. The highest BCUT2D eigenvalue weighted by Crippen LogP contribution is 2.16. The molecule has 0 aliphatic carbocycles. The SMILES string of the molecule is CCOC(=O)C(OCC)=C(Cl)Cl. The van der Waals surface area contributed by atoms with Crippen molar-refractivity contribution in [1.82, 2.24) is 0 Å². The minimum absolute atomic E-state index is 0.136. The molecule has 0 radical (unpaired) electrons. The standard InChI is InChI=1S/C7H10Cl2O3/c1-3-11-5(6(8)9)7(10)12-4-2/h3-4H2,1-2H3. The molecule has 0 rings (SSSR count). The van der Waals surface area contributed by atoms with Gasteiger partial charge < -0.3 is 9.47 Å². The second-order valence-electron chi connectivity index (χ2n) is 1.74. The predicted octanol–water partition coefficient (Wildman–Crippen LogP) is 2.23. The van der Waals surface area contributed by atoms with Crippen LogP contribution in [0, 0.1) is 0 Å². The average Bonchev–Trinajstić information content (AvgIpc) is 1.99. The van der Waals surface area contributed by atoms with Crippen LogP contribution in [0.15, 0.2) is 10.3 Å². The smallest absolute Gasteiger partial charge is 0.376 e. The van der Waals surface area contributed by atoms with Crippen molar-refractivity contribution in [3.05, 3.63) is 10.3 Å². The monoisotopic (exact) mass is 212 g/mol. The van der Waals surface area contributed by atoms with E-state index in [0.717, 1.165) is 0 Å². The molecule has 0 spiro atoms. The number of hydrogen-bond acceptors (Lipinski definition) is 3. The van der Waals surface area contributed by atoms with Crippen molar-refractivity contribution < 1.29 is 14.3 Å². The molecular formula is C7H10Cl2O3. The Morgan fingerprint density at radius 1 is 1.17 bits per heavy atom. The van der Waals surface area contributed by atoms with Gasteiger partial charge in [0.15, 0.2) is 4.49 Å². The number of carbonyl (C=O) groups is 1. The summed E-state index contributed by atoms with van der Waals surface area (Å²) in [6.45, 7) is 3.98. The van der Waals surface area contributed by atoms with Crippen LogP contribution in [-0.4, -0.2) is 19.2 Å². The summed E-state index contributed by atoms with van der Waals surface area (Å²) in [6.07, 6.45) is 0. The third kappa shape index (κ3) is 3.83. The molecule has 0 N–H and O–H groups in total. The predicted molar refractivity (Wildman–Crippen MR) is 47.0 cm³/mol. The summed E-state index contributed by atoms with van der Waals surface area (Å²) in [6, 6.07) is 0. The zero-order chi connectivity index (χ0) is 9.56. The molecule has 0 aliphatic rings. The van der Waals surface area contributed by atoms with E-state index in [1.54, 1.807) is 13.8 Å². The molecule has 3 nitrogen and oxygen atoms in total. The van der Waals surface area contributed by atoms with Crippen LogP contribution in [0.2, 0.25) is 0 Å². The van der Waals surface area contributed by atoms with Crippen LogP contribution in [0.1, 0.15) is 13.8 Å². The van der Waals surface area contributed by atoms with Crippen molar-refractivity contribution in [2.45, 2.75) is 13.8 Å². The number of carbonyl (C=O) groups excluding carboxylic acids is 1. The first-order valence-corrected chi connectivity index (χ1v) is 4.24. The summed E-state index contributed by atoms with van der Waals surface area (Å²) in [5.74, 6) is -0.776. The first-order chi connectivity index (χ1) is 5.63. The summed E-state index contributed by atoms with van der Waals surface area (Å²) in [7, 11) is 0. The summed E-state index contributed by atoms with van der Waals surface area (Å²) < 4.78 is 9.27. The number of esters is 1. The van der Waals surface area contributed by atoms with Gasteiger partial charge in [0.05, 0.1) is 13.2 Å². The highest BCUT2D eigenvalue weighted by Gasteiger charge is 2.15. The lowest BCUT2D eigenvalue weighted by Crippen LogP contribution is -2.11. The second-order valence-corrected chi connectivity index (χ2v) is 2.69. The molecule has 0 aromatic rings. The zero-order valence-corrected chi connectivity index (χ0v) is 8.41. The Kier molecular flexibility index (Phi) is 5.93. The summed E-state index contributed by atoms with van der Waals surface area (Å²) in [5, 5.41) is 0. The van der Waals surface area contributed by atoms with E-state index >= 15 is 0 Å². The summed E-state index contributed by atoms with van der Waals surface area (Å²) in [5.41, 5.74) is 0. The quantitative estimate of drug-likeness (QED) is 0.408.